The summed E-state index contributed by atoms with van der Waals surface area (Å²) in [5.41, 5.74) is 1.58. The highest BCUT2D eigenvalue weighted by atomic mass is 35.5. The Hall–Kier alpha value is -3.31. The van der Waals surface area contributed by atoms with Crippen molar-refractivity contribution in [3.8, 4) is 5.75 Å². The fraction of sp³-hybridized carbons (Fsp3) is 0.0476. The molecule has 0 bridgehead atoms. The van der Waals surface area contributed by atoms with Gasteiger partial charge in [-0.15, -0.1) is 0 Å². The lowest BCUT2D eigenvalue weighted by molar-refractivity contribution is 0.102. The normalized spacial score (nSPS) is 10.9. The Morgan fingerprint density at radius 2 is 1.81 bits per heavy atom. The van der Waals surface area contributed by atoms with Gasteiger partial charge in [-0.25, -0.2) is 0 Å². The van der Waals surface area contributed by atoms with Crippen LogP contribution >= 0.6 is 11.6 Å². The maximum atomic E-state index is 12.7. The molecule has 0 unspecified atom stereocenters. The molecule has 4 aromatic rings. The molecule has 0 saturated heterocycles. The number of fused-ring (bicyclic) bond motifs is 2. The second-order valence-corrected chi connectivity index (χ2v) is 6.38. The van der Waals surface area contributed by atoms with Crippen molar-refractivity contribution in [3.63, 3.8) is 0 Å². The molecule has 4 rings (SSSR count). The van der Waals surface area contributed by atoms with Crippen LogP contribution in [0.3, 0.4) is 0 Å². The largest absolute Gasteiger partial charge is 0.493 e. The van der Waals surface area contributed by atoms with E-state index in [-0.39, 0.29) is 11.3 Å². The second-order valence-electron chi connectivity index (χ2n) is 5.94. The lowest BCUT2D eigenvalue weighted by atomic mass is 10.1. The summed E-state index contributed by atoms with van der Waals surface area (Å²) < 4.78 is 11.2. The molecule has 0 atom stereocenters. The Kier molecular flexibility index (Phi) is 4.30. The third kappa shape index (κ3) is 3.13. The smallest absolute Gasteiger partial charge is 0.255 e. The molecule has 134 valence electrons. The van der Waals surface area contributed by atoms with Crippen molar-refractivity contribution in [1.82, 2.24) is 0 Å². The fourth-order valence-corrected chi connectivity index (χ4v) is 3.02. The number of hydrogen-bond donors (Lipinski definition) is 1. The summed E-state index contributed by atoms with van der Waals surface area (Å²) in [7, 11) is 1.52. The van der Waals surface area contributed by atoms with Crippen LogP contribution in [0.2, 0.25) is 5.02 Å². The maximum Gasteiger partial charge on any atom is 0.255 e. The molecule has 0 radical (unpaired) electrons. The zero-order valence-electron chi connectivity index (χ0n) is 14.3. The summed E-state index contributed by atoms with van der Waals surface area (Å²) >= 11 is 5.85. The number of para-hydroxylation sites is 1. The van der Waals surface area contributed by atoms with Crippen molar-refractivity contribution < 1.29 is 13.9 Å². The number of rotatable bonds is 3. The van der Waals surface area contributed by atoms with Crippen molar-refractivity contribution in [1.29, 1.82) is 0 Å². The van der Waals surface area contributed by atoms with Gasteiger partial charge in [0.2, 0.25) is 5.43 Å². The molecule has 5 nitrogen and oxygen atoms in total. The van der Waals surface area contributed by atoms with Gasteiger partial charge in [0.1, 0.15) is 5.58 Å². The molecular formula is C21H14ClNO4. The summed E-state index contributed by atoms with van der Waals surface area (Å²) in [4.78, 5) is 25.1. The van der Waals surface area contributed by atoms with Gasteiger partial charge in [-0.05, 0) is 48.5 Å². The molecule has 0 aliphatic carbocycles. The van der Waals surface area contributed by atoms with Crippen LogP contribution in [0, 0.1) is 0 Å². The van der Waals surface area contributed by atoms with Crippen LogP contribution in [0.5, 0.6) is 5.75 Å². The number of methoxy groups -OCH3 is 1. The Labute approximate surface area is 159 Å². The minimum atomic E-state index is -0.285. The maximum absolute atomic E-state index is 12.7. The van der Waals surface area contributed by atoms with Gasteiger partial charge in [-0.2, -0.15) is 0 Å². The Morgan fingerprint density at radius 1 is 1.04 bits per heavy atom. The van der Waals surface area contributed by atoms with Gasteiger partial charge in [0.15, 0.2) is 11.3 Å². The average Bonchev–Trinajstić information content (AvgIpc) is 2.68. The quantitative estimate of drug-likeness (QED) is 0.516. The number of nitrogens with one attached hydrogen (secondary N) is 1. The average molecular weight is 380 g/mol. The van der Waals surface area contributed by atoms with E-state index in [1.165, 1.54) is 7.11 Å². The number of amides is 1. The van der Waals surface area contributed by atoms with Crippen molar-refractivity contribution in [2.45, 2.75) is 0 Å². The molecule has 3 aromatic carbocycles. The number of hydrogen-bond acceptors (Lipinski definition) is 4. The number of ether oxygens (including phenoxy) is 1. The van der Waals surface area contributed by atoms with Crippen molar-refractivity contribution >= 4 is 45.1 Å². The molecule has 1 aromatic heterocycles. The van der Waals surface area contributed by atoms with Gasteiger partial charge < -0.3 is 14.5 Å². The van der Waals surface area contributed by atoms with E-state index >= 15 is 0 Å². The third-order valence-corrected chi connectivity index (χ3v) is 4.50. The zero-order chi connectivity index (χ0) is 19.0. The van der Waals surface area contributed by atoms with Crippen LogP contribution in [-0.4, -0.2) is 13.0 Å². The minimum Gasteiger partial charge on any atom is -0.493 e. The fourth-order valence-electron chi connectivity index (χ4n) is 2.89. The summed E-state index contributed by atoms with van der Waals surface area (Å²) in [6.07, 6.45) is 0. The van der Waals surface area contributed by atoms with E-state index in [2.05, 4.69) is 5.32 Å². The first-order valence-electron chi connectivity index (χ1n) is 8.17. The Bertz CT molecular complexity index is 1230. The standard InChI is InChI=1S/C21H14ClNO4/c1-26-17-4-2-3-16-19(24)15-10-9-14(11-18(15)27-20(16)17)23-21(25)12-5-7-13(22)8-6-12/h2-11H,1H3,(H,23,25). The summed E-state index contributed by atoms with van der Waals surface area (Å²) in [6, 6.07) is 16.7. The van der Waals surface area contributed by atoms with E-state index in [9.17, 15) is 9.59 Å². The Morgan fingerprint density at radius 3 is 2.56 bits per heavy atom. The topological polar surface area (TPSA) is 68.5 Å². The lowest BCUT2D eigenvalue weighted by Gasteiger charge is -2.08. The zero-order valence-corrected chi connectivity index (χ0v) is 15.0. The van der Waals surface area contributed by atoms with E-state index in [1.807, 2.05) is 0 Å². The number of halogens is 1. The van der Waals surface area contributed by atoms with Gasteiger partial charge in [0.25, 0.3) is 5.91 Å². The van der Waals surface area contributed by atoms with E-state index in [1.54, 1.807) is 60.7 Å². The molecule has 6 heteroatoms. The lowest BCUT2D eigenvalue weighted by Crippen LogP contribution is -2.12. The highest BCUT2D eigenvalue weighted by Gasteiger charge is 2.13. The van der Waals surface area contributed by atoms with Crippen LogP contribution in [0.15, 0.2) is 69.9 Å². The van der Waals surface area contributed by atoms with Crippen molar-refractivity contribution in [2.24, 2.45) is 0 Å². The number of anilines is 1. The number of carbonyl (C=O) groups excluding carboxylic acids is 1. The summed E-state index contributed by atoms with van der Waals surface area (Å²) in [5.74, 6) is 0.189. The molecule has 0 aliphatic heterocycles. The van der Waals surface area contributed by atoms with Crippen molar-refractivity contribution in [3.05, 3.63) is 81.5 Å². The molecule has 0 spiro atoms. The predicted octanol–water partition coefficient (Wildman–Crippen LogP) is 4.86. The molecular weight excluding hydrogens is 366 g/mol. The monoisotopic (exact) mass is 379 g/mol. The highest BCUT2D eigenvalue weighted by molar-refractivity contribution is 6.30. The van der Waals surface area contributed by atoms with Gasteiger partial charge in [0, 0.05) is 22.3 Å². The van der Waals surface area contributed by atoms with E-state index < -0.39 is 0 Å². The molecule has 1 N–H and O–H groups in total. The van der Waals surface area contributed by atoms with Gasteiger partial charge in [-0.3, -0.25) is 9.59 Å². The summed E-state index contributed by atoms with van der Waals surface area (Å²) in [6.45, 7) is 0. The molecule has 0 fully saturated rings. The van der Waals surface area contributed by atoms with E-state index in [4.69, 9.17) is 20.8 Å². The van der Waals surface area contributed by atoms with E-state index in [0.29, 0.717) is 44.0 Å². The SMILES string of the molecule is COc1cccc2c(=O)c3ccc(NC(=O)c4ccc(Cl)cc4)cc3oc12. The molecule has 0 aliphatic rings. The Balaban J connectivity index is 1.77. The van der Waals surface area contributed by atoms with Crippen LogP contribution < -0.4 is 15.5 Å². The molecule has 27 heavy (non-hydrogen) atoms. The molecule has 0 saturated carbocycles. The van der Waals surface area contributed by atoms with Crippen LogP contribution in [0.4, 0.5) is 5.69 Å². The first-order valence-corrected chi connectivity index (χ1v) is 8.55. The predicted molar refractivity (Wildman–Crippen MR) is 106 cm³/mol. The first kappa shape index (κ1) is 17.1. The second kappa shape index (κ2) is 6.78. The van der Waals surface area contributed by atoms with Crippen LogP contribution in [0.1, 0.15) is 10.4 Å². The third-order valence-electron chi connectivity index (χ3n) is 4.25. The van der Waals surface area contributed by atoms with Gasteiger partial charge in [-0.1, -0.05) is 17.7 Å². The van der Waals surface area contributed by atoms with Crippen LogP contribution in [-0.2, 0) is 0 Å². The number of carbonyl (C=O) groups is 1. The highest BCUT2D eigenvalue weighted by Crippen LogP contribution is 2.28. The molecule has 1 heterocycles. The molecule has 1 amide bonds. The van der Waals surface area contributed by atoms with Gasteiger partial charge in [0.05, 0.1) is 17.9 Å². The van der Waals surface area contributed by atoms with Crippen LogP contribution in [0.25, 0.3) is 21.9 Å². The van der Waals surface area contributed by atoms with E-state index in [0.717, 1.165) is 0 Å². The van der Waals surface area contributed by atoms with Crippen molar-refractivity contribution in [2.75, 3.05) is 12.4 Å². The minimum absolute atomic E-state index is 0.152. The van der Waals surface area contributed by atoms with Gasteiger partial charge >= 0.3 is 0 Å². The number of benzene rings is 3. The first-order chi connectivity index (χ1) is 13.1. The summed E-state index contributed by atoms with van der Waals surface area (Å²) in [5, 5.41) is 4.22.